The minimum atomic E-state index is -0.363. The summed E-state index contributed by atoms with van der Waals surface area (Å²) in [5.74, 6) is 1.24. The van der Waals surface area contributed by atoms with E-state index in [2.05, 4.69) is 20.3 Å². The van der Waals surface area contributed by atoms with Crippen molar-refractivity contribution >= 4 is 23.5 Å². The second kappa shape index (κ2) is 11.9. The predicted molar refractivity (Wildman–Crippen MR) is 113 cm³/mol. The van der Waals surface area contributed by atoms with E-state index in [4.69, 9.17) is 30.1 Å². The Labute approximate surface area is 189 Å². The number of benzene rings is 1. The molecule has 10 nitrogen and oxygen atoms in total. The van der Waals surface area contributed by atoms with Crippen LogP contribution in [0.1, 0.15) is 37.5 Å². The molecule has 0 aliphatic rings. The van der Waals surface area contributed by atoms with Gasteiger partial charge in [-0.25, -0.2) is 0 Å². The van der Waals surface area contributed by atoms with Crippen LogP contribution in [0.15, 0.2) is 33.3 Å². The lowest BCUT2D eigenvalue weighted by atomic mass is 10.1. The quantitative estimate of drug-likeness (QED) is 0.224. The lowest BCUT2D eigenvalue weighted by Gasteiger charge is -2.05. The van der Waals surface area contributed by atoms with Crippen LogP contribution in [0.25, 0.3) is 22.8 Å². The molecule has 0 N–H and O–H groups in total. The Morgan fingerprint density at radius 3 is 2.19 bits per heavy atom. The van der Waals surface area contributed by atoms with Gasteiger partial charge in [-0.05, 0) is 18.9 Å². The fourth-order valence-corrected chi connectivity index (χ4v) is 2.85. The Balaban J connectivity index is 1.40. The normalized spacial score (nSPS) is 10.8. The summed E-state index contributed by atoms with van der Waals surface area (Å²) in [5, 5.41) is 7.88. The molecule has 3 aromatic rings. The molecule has 0 bridgehead atoms. The minimum Gasteiger partial charge on any atom is -0.466 e. The SMILES string of the molecule is Cc1nc(-c2cccc(-c3noc(CCC(=O)OCCCCOC(=O)CCCl)n3)c2)no1. The molecule has 3 rings (SSSR count). The maximum Gasteiger partial charge on any atom is 0.306 e. The maximum absolute atomic E-state index is 11.9. The van der Waals surface area contributed by atoms with E-state index < -0.39 is 0 Å². The summed E-state index contributed by atoms with van der Waals surface area (Å²) in [5.41, 5.74) is 1.50. The topological polar surface area (TPSA) is 130 Å². The standard InChI is InChI=1S/C21H23ClN4O6/c1-14-23-20(25-31-14)15-5-4-6-16(13-15)21-24-17(32-26-21)7-8-18(27)29-11-2-3-12-30-19(28)9-10-22/h4-6,13H,2-3,7-12H2,1H3. The predicted octanol–water partition coefficient (Wildman–Crippen LogP) is 3.52. The Morgan fingerprint density at radius 1 is 0.938 bits per heavy atom. The van der Waals surface area contributed by atoms with Gasteiger partial charge in [-0.15, -0.1) is 11.6 Å². The van der Waals surface area contributed by atoms with Crippen molar-refractivity contribution in [2.45, 2.75) is 39.0 Å². The summed E-state index contributed by atoms with van der Waals surface area (Å²) >= 11 is 5.45. The minimum absolute atomic E-state index is 0.120. The van der Waals surface area contributed by atoms with Crippen molar-refractivity contribution in [1.29, 1.82) is 0 Å². The third kappa shape index (κ3) is 7.16. The summed E-state index contributed by atoms with van der Waals surface area (Å²) in [6.45, 7) is 2.26. The van der Waals surface area contributed by atoms with Crippen molar-refractivity contribution in [1.82, 2.24) is 20.3 Å². The van der Waals surface area contributed by atoms with Crippen molar-refractivity contribution in [2.24, 2.45) is 0 Å². The number of hydrogen-bond acceptors (Lipinski definition) is 10. The van der Waals surface area contributed by atoms with Crippen LogP contribution in [0.4, 0.5) is 0 Å². The molecule has 0 atom stereocenters. The maximum atomic E-state index is 11.9. The molecular weight excluding hydrogens is 440 g/mol. The number of ether oxygens (including phenoxy) is 2. The summed E-state index contributed by atoms with van der Waals surface area (Å²) in [6, 6.07) is 7.36. The van der Waals surface area contributed by atoms with E-state index in [-0.39, 0.29) is 50.3 Å². The van der Waals surface area contributed by atoms with Crippen LogP contribution in [0, 0.1) is 6.92 Å². The molecule has 0 unspecified atom stereocenters. The molecule has 1 aromatic carbocycles. The van der Waals surface area contributed by atoms with Crippen molar-refractivity contribution < 1.29 is 28.1 Å². The van der Waals surface area contributed by atoms with Gasteiger partial charge in [-0.2, -0.15) is 9.97 Å². The first-order valence-electron chi connectivity index (χ1n) is 10.2. The van der Waals surface area contributed by atoms with E-state index in [1.807, 2.05) is 24.3 Å². The van der Waals surface area contributed by atoms with Gasteiger partial charge in [0.15, 0.2) is 0 Å². The third-order valence-corrected chi connectivity index (χ3v) is 4.47. The Morgan fingerprint density at radius 2 is 1.56 bits per heavy atom. The highest BCUT2D eigenvalue weighted by atomic mass is 35.5. The Hall–Kier alpha value is -3.27. The molecule has 0 aliphatic carbocycles. The first-order valence-corrected chi connectivity index (χ1v) is 10.7. The van der Waals surface area contributed by atoms with Crippen LogP contribution >= 0.6 is 11.6 Å². The van der Waals surface area contributed by atoms with Gasteiger partial charge in [0.05, 0.1) is 26.1 Å². The number of aryl methyl sites for hydroxylation is 2. The van der Waals surface area contributed by atoms with E-state index in [0.717, 1.165) is 11.1 Å². The highest BCUT2D eigenvalue weighted by molar-refractivity contribution is 6.18. The zero-order valence-corrected chi connectivity index (χ0v) is 18.3. The molecule has 2 aromatic heterocycles. The molecule has 32 heavy (non-hydrogen) atoms. The van der Waals surface area contributed by atoms with Crippen LogP contribution in [0.5, 0.6) is 0 Å². The molecule has 0 saturated carbocycles. The van der Waals surface area contributed by atoms with Gasteiger partial charge < -0.3 is 18.5 Å². The zero-order chi connectivity index (χ0) is 22.8. The van der Waals surface area contributed by atoms with E-state index in [1.54, 1.807) is 6.92 Å². The van der Waals surface area contributed by atoms with Crippen LogP contribution in [-0.2, 0) is 25.5 Å². The van der Waals surface area contributed by atoms with Crippen LogP contribution in [0.3, 0.4) is 0 Å². The summed E-state index contributed by atoms with van der Waals surface area (Å²) in [6.07, 6.45) is 1.79. The number of rotatable bonds is 12. The summed E-state index contributed by atoms with van der Waals surface area (Å²) < 4.78 is 20.4. The smallest absolute Gasteiger partial charge is 0.306 e. The molecule has 0 radical (unpaired) electrons. The number of aromatic nitrogens is 4. The number of unbranched alkanes of at least 4 members (excludes halogenated alkanes) is 1. The van der Waals surface area contributed by atoms with Crippen LogP contribution in [-0.4, -0.2) is 51.3 Å². The van der Waals surface area contributed by atoms with E-state index >= 15 is 0 Å². The molecule has 0 aliphatic heterocycles. The monoisotopic (exact) mass is 462 g/mol. The number of nitrogens with zero attached hydrogens (tertiary/aromatic N) is 4. The molecule has 0 amide bonds. The fourth-order valence-electron chi connectivity index (χ4n) is 2.69. The second-order valence-electron chi connectivity index (χ2n) is 6.82. The van der Waals surface area contributed by atoms with Gasteiger partial charge >= 0.3 is 11.9 Å². The number of carbonyl (C=O) groups excluding carboxylic acids is 2. The van der Waals surface area contributed by atoms with Crippen LogP contribution < -0.4 is 0 Å². The molecule has 0 fully saturated rings. The molecule has 11 heteroatoms. The first-order chi connectivity index (χ1) is 15.5. The molecular formula is C21H23ClN4O6. The first kappa shape index (κ1) is 23.4. The number of alkyl halides is 1. The van der Waals surface area contributed by atoms with Crippen molar-refractivity contribution in [3.63, 3.8) is 0 Å². The van der Waals surface area contributed by atoms with Gasteiger partial charge in [-0.3, -0.25) is 9.59 Å². The largest absolute Gasteiger partial charge is 0.466 e. The zero-order valence-electron chi connectivity index (χ0n) is 17.6. The van der Waals surface area contributed by atoms with Crippen molar-refractivity contribution in [3.8, 4) is 22.8 Å². The number of hydrogen-bond donors (Lipinski definition) is 0. The average Bonchev–Trinajstić information content (AvgIpc) is 3.44. The third-order valence-electron chi connectivity index (χ3n) is 4.28. The highest BCUT2D eigenvalue weighted by Crippen LogP contribution is 2.23. The average molecular weight is 463 g/mol. The van der Waals surface area contributed by atoms with Gasteiger partial charge in [0.1, 0.15) is 0 Å². The van der Waals surface area contributed by atoms with Gasteiger partial charge in [0, 0.05) is 30.4 Å². The van der Waals surface area contributed by atoms with Gasteiger partial charge in [-0.1, -0.05) is 28.5 Å². The molecule has 170 valence electrons. The lowest BCUT2D eigenvalue weighted by molar-refractivity contribution is -0.146. The van der Waals surface area contributed by atoms with E-state index in [9.17, 15) is 9.59 Å². The van der Waals surface area contributed by atoms with E-state index in [1.165, 1.54) is 0 Å². The van der Waals surface area contributed by atoms with E-state index in [0.29, 0.717) is 36.3 Å². The molecule has 0 spiro atoms. The van der Waals surface area contributed by atoms with Crippen molar-refractivity contribution in [2.75, 3.05) is 19.1 Å². The Kier molecular flexibility index (Phi) is 8.73. The summed E-state index contributed by atoms with van der Waals surface area (Å²) in [4.78, 5) is 31.6. The fraction of sp³-hybridized carbons (Fsp3) is 0.429. The Bertz CT molecular complexity index is 1030. The number of halogens is 1. The second-order valence-corrected chi connectivity index (χ2v) is 7.19. The molecule has 0 saturated heterocycles. The molecule has 2 heterocycles. The lowest BCUT2D eigenvalue weighted by Crippen LogP contribution is -2.09. The van der Waals surface area contributed by atoms with Gasteiger partial charge in [0.25, 0.3) is 0 Å². The van der Waals surface area contributed by atoms with Gasteiger partial charge in [0.2, 0.25) is 23.4 Å². The number of carbonyl (C=O) groups is 2. The van der Waals surface area contributed by atoms with Crippen molar-refractivity contribution in [3.05, 3.63) is 36.0 Å². The summed E-state index contributed by atoms with van der Waals surface area (Å²) in [7, 11) is 0. The van der Waals surface area contributed by atoms with Crippen LogP contribution in [0.2, 0.25) is 0 Å². The highest BCUT2D eigenvalue weighted by Gasteiger charge is 2.13. The number of esters is 2.